The summed E-state index contributed by atoms with van der Waals surface area (Å²) in [6, 6.07) is -0.380. The van der Waals surface area contributed by atoms with E-state index in [4.69, 9.17) is 9.97 Å². The van der Waals surface area contributed by atoms with Gasteiger partial charge in [0.15, 0.2) is 0 Å². The lowest BCUT2D eigenvalue weighted by Gasteiger charge is -2.34. The van der Waals surface area contributed by atoms with E-state index in [0.29, 0.717) is 49.9 Å². The molecule has 0 aromatic carbocycles. The Labute approximate surface area is 179 Å². The summed E-state index contributed by atoms with van der Waals surface area (Å²) in [5, 5.41) is 0. The number of hydrogen-bond acceptors (Lipinski definition) is 5. The number of amides is 1. The first-order valence-corrected chi connectivity index (χ1v) is 12.6. The molecule has 0 spiro atoms. The second-order valence-electron chi connectivity index (χ2n) is 9.04. The first kappa shape index (κ1) is 21.6. The largest absolute Gasteiger partial charge is 0.296 e. The van der Waals surface area contributed by atoms with Gasteiger partial charge in [0, 0.05) is 44.9 Å². The molecule has 1 saturated carbocycles. The van der Waals surface area contributed by atoms with Crippen LogP contribution in [-0.2, 0) is 21.4 Å². The molecule has 8 nitrogen and oxygen atoms in total. The number of rotatable bonds is 5. The van der Waals surface area contributed by atoms with Gasteiger partial charge in [-0.15, -0.1) is 0 Å². The zero-order chi connectivity index (χ0) is 21.5. The molecule has 1 aliphatic carbocycles. The highest BCUT2D eigenvalue weighted by Gasteiger charge is 2.39. The van der Waals surface area contributed by atoms with Crippen LogP contribution in [0.1, 0.15) is 74.5 Å². The monoisotopic (exact) mass is 435 g/mol. The summed E-state index contributed by atoms with van der Waals surface area (Å²) in [6.07, 6.45) is 8.69. The lowest BCUT2D eigenvalue weighted by atomic mass is 9.88. The third kappa shape index (κ3) is 3.99. The predicted octanol–water partition coefficient (Wildman–Crippen LogP) is 2.59. The molecule has 1 aromatic rings. The number of carbonyl (C=O) groups is 1. The van der Waals surface area contributed by atoms with Gasteiger partial charge >= 0.3 is 0 Å². The molecule has 1 atom stereocenters. The van der Waals surface area contributed by atoms with Gasteiger partial charge in [-0.3, -0.25) is 9.69 Å². The Morgan fingerprint density at radius 1 is 1.03 bits per heavy atom. The van der Waals surface area contributed by atoms with Crippen LogP contribution in [0.2, 0.25) is 0 Å². The van der Waals surface area contributed by atoms with Gasteiger partial charge in [-0.1, -0.05) is 19.3 Å². The average molecular weight is 436 g/mol. The van der Waals surface area contributed by atoms with Crippen LogP contribution in [0.15, 0.2) is 0 Å². The maximum atomic E-state index is 12.8. The van der Waals surface area contributed by atoms with Crippen molar-refractivity contribution in [2.75, 3.05) is 32.1 Å². The smallest absolute Gasteiger partial charge is 0.282 e. The molecule has 1 amide bonds. The van der Waals surface area contributed by atoms with Gasteiger partial charge in [-0.2, -0.15) is 17.0 Å². The SMILES string of the molecule is Cc1nc([C@@H]2CCCN2S(=O)(=O)N(C)C)nc2c1CCC(=O)N2CC1CCCCC1. The number of anilines is 1. The fourth-order valence-electron chi connectivity index (χ4n) is 5.05. The second-order valence-corrected chi connectivity index (χ2v) is 11.1. The molecule has 1 aromatic heterocycles. The van der Waals surface area contributed by atoms with Gasteiger partial charge in [0.2, 0.25) is 5.91 Å². The van der Waals surface area contributed by atoms with E-state index in [9.17, 15) is 13.2 Å². The Hall–Kier alpha value is -1.58. The highest BCUT2D eigenvalue weighted by molar-refractivity contribution is 7.86. The first-order valence-electron chi connectivity index (χ1n) is 11.2. The van der Waals surface area contributed by atoms with Crippen LogP contribution in [0.5, 0.6) is 0 Å². The maximum absolute atomic E-state index is 12.8. The lowest BCUT2D eigenvalue weighted by molar-refractivity contribution is -0.119. The van der Waals surface area contributed by atoms with Crippen molar-refractivity contribution in [3.63, 3.8) is 0 Å². The molecule has 30 heavy (non-hydrogen) atoms. The second kappa shape index (κ2) is 8.51. The summed E-state index contributed by atoms with van der Waals surface area (Å²) in [6.45, 7) is 3.14. The molecule has 0 N–H and O–H groups in total. The van der Waals surface area contributed by atoms with Crippen LogP contribution in [-0.4, -0.2) is 60.1 Å². The van der Waals surface area contributed by atoms with E-state index in [-0.39, 0.29) is 11.9 Å². The highest BCUT2D eigenvalue weighted by Crippen LogP contribution is 2.37. The van der Waals surface area contributed by atoms with E-state index >= 15 is 0 Å². The molecule has 3 aliphatic rings. The number of fused-ring (bicyclic) bond motifs is 1. The fraction of sp³-hybridized carbons (Fsp3) is 0.762. The van der Waals surface area contributed by atoms with E-state index in [2.05, 4.69) is 0 Å². The molecule has 1 saturated heterocycles. The van der Waals surface area contributed by atoms with Crippen LogP contribution in [0.3, 0.4) is 0 Å². The van der Waals surface area contributed by atoms with E-state index in [1.165, 1.54) is 27.9 Å². The predicted molar refractivity (Wildman–Crippen MR) is 115 cm³/mol. The van der Waals surface area contributed by atoms with E-state index in [1.54, 1.807) is 14.1 Å². The molecule has 9 heteroatoms. The average Bonchev–Trinajstić information content (AvgIpc) is 3.21. The zero-order valence-electron chi connectivity index (χ0n) is 18.3. The van der Waals surface area contributed by atoms with Gasteiger partial charge in [-0.25, -0.2) is 9.97 Å². The molecule has 0 radical (unpaired) electrons. The Morgan fingerprint density at radius 3 is 2.47 bits per heavy atom. The Bertz CT molecular complexity index is 911. The van der Waals surface area contributed by atoms with Crippen LogP contribution >= 0.6 is 0 Å². The molecule has 4 rings (SSSR count). The maximum Gasteiger partial charge on any atom is 0.282 e. The van der Waals surface area contributed by atoms with Crippen LogP contribution in [0, 0.1) is 12.8 Å². The molecule has 0 bridgehead atoms. The molecule has 3 heterocycles. The lowest BCUT2D eigenvalue weighted by Crippen LogP contribution is -2.42. The summed E-state index contributed by atoms with van der Waals surface area (Å²) >= 11 is 0. The molecule has 2 aliphatic heterocycles. The minimum absolute atomic E-state index is 0.126. The van der Waals surface area contributed by atoms with Gasteiger partial charge in [0.25, 0.3) is 10.2 Å². The van der Waals surface area contributed by atoms with Crippen molar-refractivity contribution < 1.29 is 13.2 Å². The zero-order valence-corrected chi connectivity index (χ0v) is 19.1. The van der Waals surface area contributed by atoms with Gasteiger partial charge in [-0.05, 0) is 44.9 Å². The third-order valence-electron chi connectivity index (χ3n) is 6.78. The van der Waals surface area contributed by atoms with Crippen LogP contribution < -0.4 is 4.90 Å². The summed E-state index contributed by atoms with van der Waals surface area (Å²) in [5.74, 6) is 1.89. The number of nitrogens with zero attached hydrogens (tertiary/aromatic N) is 5. The first-order chi connectivity index (χ1) is 14.3. The summed E-state index contributed by atoms with van der Waals surface area (Å²) in [4.78, 5) is 24.3. The summed E-state index contributed by atoms with van der Waals surface area (Å²) in [7, 11) is -0.449. The van der Waals surface area contributed by atoms with Crippen molar-refractivity contribution in [1.29, 1.82) is 0 Å². The minimum Gasteiger partial charge on any atom is -0.296 e. The normalized spacial score (nSPS) is 23.9. The van der Waals surface area contributed by atoms with Crippen molar-refractivity contribution in [1.82, 2.24) is 18.6 Å². The topological polar surface area (TPSA) is 86.7 Å². The molecular formula is C21H33N5O3S. The van der Waals surface area contributed by atoms with Gasteiger partial charge < -0.3 is 0 Å². The van der Waals surface area contributed by atoms with E-state index in [1.807, 2.05) is 11.8 Å². The summed E-state index contributed by atoms with van der Waals surface area (Å²) in [5.41, 5.74) is 1.90. The van der Waals surface area contributed by atoms with Gasteiger partial charge in [0.05, 0.1) is 6.04 Å². The molecule has 2 fully saturated rings. The van der Waals surface area contributed by atoms with E-state index in [0.717, 1.165) is 30.5 Å². The standard InChI is InChI=1S/C21H33N5O3S/c1-15-17-11-12-19(27)25(14-16-8-5-4-6-9-16)21(17)23-20(22-15)18-10-7-13-26(18)30(28,29)24(2)3/h16,18H,4-14H2,1-3H3/t18-/m0/s1. The van der Waals surface area contributed by atoms with Gasteiger partial charge in [0.1, 0.15) is 11.6 Å². The quantitative estimate of drug-likeness (QED) is 0.709. The van der Waals surface area contributed by atoms with Crippen molar-refractivity contribution in [2.24, 2.45) is 5.92 Å². The minimum atomic E-state index is -3.55. The Morgan fingerprint density at radius 2 is 1.77 bits per heavy atom. The Kier molecular flexibility index (Phi) is 6.14. The Balaban J connectivity index is 1.69. The van der Waals surface area contributed by atoms with Crippen molar-refractivity contribution in [3.05, 3.63) is 17.1 Å². The van der Waals surface area contributed by atoms with E-state index < -0.39 is 10.2 Å². The van der Waals surface area contributed by atoms with Crippen LogP contribution in [0.4, 0.5) is 5.82 Å². The number of hydrogen-bond donors (Lipinski definition) is 0. The van der Waals surface area contributed by atoms with Crippen LogP contribution in [0.25, 0.3) is 0 Å². The van der Waals surface area contributed by atoms with Crippen molar-refractivity contribution >= 4 is 21.9 Å². The number of carbonyl (C=O) groups excluding carboxylic acids is 1. The van der Waals surface area contributed by atoms with Crippen molar-refractivity contribution in [2.45, 2.75) is 70.8 Å². The summed E-state index contributed by atoms with van der Waals surface area (Å²) < 4.78 is 28.4. The van der Waals surface area contributed by atoms with Crippen molar-refractivity contribution in [3.8, 4) is 0 Å². The number of aromatic nitrogens is 2. The number of aryl methyl sites for hydroxylation is 1. The molecule has 166 valence electrons. The third-order valence-corrected chi connectivity index (χ3v) is 8.73. The fourth-order valence-corrected chi connectivity index (χ4v) is 6.35. The molecule has 0 unspecified atom stereocenters. The molecular weight excluding hydrogens is 402 g/mol. The highest BCUT2D eigenvalue weighted by atomic mass is 32.2.